The molecule has 0 radical (unpaired) electrons. The normalized spacial score (nSPS) is 10.9. The van der Waals surface area contributed by atoms with Gasteiger partial charge in [0.25, 0.3) is 0 Å². The number of benzene rings is 1. The van der Waals surface area contributed by atoms with Crippen molar-refractivity contribution in [1.82, 2.24) is 4.57 Å². The monoisotopic (exact) mass is 239 g/mol. The highest BCUT2D eigenvalue weighted by Crippen LogP contribution is 2.30. The maximum atomic E-state index is 13.7. The van der Waals surface area contributed by atoms with Crippen LogP contribution in [0.15, 0.2) is 18.2 Å². The van der Waals surface area contributed by atoms with Crippen molar-refractivity contribution in [1.29, 1.82) is 0 Å². The minimum atomic E-state index is -0.346. The summed E-state index contributed by atoms with van der Waals surface area (Å²) in [6, 6.07) is 4.66. The highest BCUT2D eigenvalue weighted by molar-refractivity contribution is 6.34. The summed E-state index contributed by atoms with van der Waals surface area (Å²) in [6.45, 7) is 2.58. The van der Waals surface area contributed by atoms with E-state index in [1.807, 2.05) is 6.92 Å². The van der Waals surface area contributed by atoms with Gasteiger partial charge in [-0.1, -0.05) is 30.7 Å². The number of aromatic nitrogens is 1. The first-order chi connectivity index (χ1) is 7.70. The molecular formula is C12H11ClFNO. The molecule has 0 saturated carbocycles. The number of fused-ring (bicyclic) bond motifs is 1. The molecule has 0 saturated heterocycles. The lowest BCUT2D eigenvalue weighted by Crippen LogP contribution is -1.98. The maximum Gasteiger partial charge on any atom is 0.153 e. The second-order valence-electron chi connectivity index (χ2n) is 3.61. The van der Waals surface area contributed by atoms with E-state index in [-0.39, 0.29) is 5.82 Å². The standard InChI is InChI=1S/C12H11ClFNO/c1-2-6-15-11-8(4-3-5-10(11)14)9(7-16)12(15)13/h3-5,7H,2,6H2,1H3. The lowest BCUT2D eigenvalue weighted by atomic mass is 10.2. The van der Waals surface area contributed by atoms with Crippen molar-refractivity contribution in [2.75, 3.05) is 0 Å². The second kappa shape index (κ2) is 4.26. The molecular weight excluding hydrogens is 229 g/mol. The van der Waals surface area contributed by atoms with E-state index in [1.54, 1.807) is 16.7 Å². The molecule has 4 heteroatoms. The fourth-order valence-electron chi connectivity index (χ4n) is 1.91. The summed E-state index contributed by atoms with van der Waals surface area (Å²) in [5, 5.41) is 0.894. The van der Waals surface area contributed by atoms with Gasteiger partial charge < -0.3 is 4.57 Å². The van der Waals surface area contributed by atoms with Crippen LogP contribution in [0.5, 0.6) is 0 Å². The van der Waals surface area contributed by atoms with E-state index in [9.17, 15) is 9.18 Å². The Kier molecular flexibility index (Phi) is 2.97. The third kappa shape index (κ3) is 1.52. The van der Waals surface area contributed by atoms with Gasteiger partial charge in [0, 0.05) is 11.9 Å². The van der Waals surface area contributed by atoms with Gasteiger partial charge in [-0.25, -0.2) is 4.39 Å². The first kappa shape index (κ1) is 11.1. The zero-order valence-electron chi connectivity index (χ0n) is 8.84. The molecule has 1 aromatic heterocycles. The molecule has 84 valence electrons. The molecule has 0 N–H and O–H groups in total. The molecule has 0 unspecified atom stereocenters. The van der Waals surface area contributed by atoms with E-state index in [1.165, 1.54) is 6.07 Å². The molecule has 0 atom stereocenters. The van der Waals surface area contributed by atoms with Crippen molar-refractivity contribution < 1.29 is 9.18 Å². The Hall–Kier alpha value is -1.35. The summed E-state index contributed by atoms with van der Waals surface area (Å²) >= 11 is 6.07. The summed E-state index contributed by atoms with van der Waals surface area (Å²) < 4.78 is 15.4. The predicted octanol–water partition coefficient (Wildman–Crippen LogP) is 3.66. The van der Waals surface area contributed by atoms with Crippen LogP contribution in [-0.2, 0) is 6.54 Å². The van der Waals surface area contributed by atoms with Crippen LogP contribution in [0.1, 0.15) is 23.7 Å². The van der Waals surface area contributed by atoms with Gasteiger partial charge in [-0.3, -0.25) is 4.79 Å². The fraction of sp³-hybridized carbons (Fsp3) is 0.250. The molecule has 0 fully saturated rings. The van der Waals surface area contributed by atoms with Gasteiger partial charge in [0.2, 0.25) is 0 Å². The van der Waals surface area contributed by atoms with E-state index in [0.717, 1.165) is 6.42 Å². The number of hydrogen-bond donors (Lipinski definition) is 0. The van der Waals surface area contributed by atoms with Gasteiger partial charge in [-0.2, -0.15) is 0 Å². The average Bonchev–Trinajstić information content (AvgIpc) is 2.54. The number of hydrogen-bond acceptors (Lipinski definition) is 1. The highest BCUT2D eigenvalue weighted by atomic mass is 35.5. The largest absolute Gasteiger partial charge is 0.329 e. The third-order valence-corrected chi connectivity index (χ3v) is 2.98. The zero-order valence-corrected chi connectivity index (χ0v) is 9.59. The van der Waals surface area contributed by atoms with Crippen molar-refractivity contribution in [3.05, 3.63) is 34.7 Å². The van der Waals surface area contributed by atoms with Crippen LogP contribution in [0.3, 0.4) is 0 Å². The first-order valence-electron chi connectivity index (χ1n) is 5.12. The summed E-state index contributed by atoms with van der Waals surface area (Å²) in [4.78, 5) is 10.9. The van der Waals surface area contributed by atoms with Gasteiger partial charge in [-0.05, 0) is 12.5 Å². The number of nitrogens with zero attached hydrogens (tertiary/aromatic N) is 1. The molecule has 2 nitrogen and oxygen atoms in total. The SMILES string of the molecule is CCCn1c(Cl)c(C=O)c2cccc(F)c21. The van der Waals surface area contributed by atoms with E-state index in [2.05, 4.69) is 0 Å². The number of aldehydes is 1. The average molecular weight is 240 g/mol. The Bertz CT molecular complexity index is 547. The lowest BCUT2D eigenvalue weighted by molar-refractivity contribution is 0.112. The van der Waals surface area contributed by atoms with Crippen LogP contribution < -0.4 is 0 Å². The smallest absolute Gasteiger partial charge is 0.153 e. The highest BCUT2D eigenvalue weighted by Gasteiger charge is 2.17. The summed E-state index contributed by atoms with van der Waals surface area (Å²) in [5.74, 6) is -0.346. The number of para-hydroxylation sites is 1. The van der Waals surface area contributed by atoms with Crippen molar-refractivity contribution in [2.24, 2.45) is 0 Å². The van der Waals surface area contributed by atoms with Crippen LogP contribution in [-0.4, -0.2) is 10.9 Å². The molecule has 16 heavy (non-hydrogen) atoms. The quantitative estimate of drug-likeness (QED) is 0.750. The van der Waals surface area contributed by atoms with Gasteiger partial charge >= 0.3 is 0 Å². The van der Waals surface area contributed by atoms with Gasteiger partial charge in [0.1, 0.15) is 11.0 Å². The molecule has 0 aliphatic heterocycles. The number of rotatable bonds is 3. The molecule has 0 aliphatic rings. The van der Waals surface area contributed by atoms with Crippen LogP contribution >= 0.6 is 11.6 Å². The number of carbonyl (C=O) groups is 1. The summed E-state index contributed by atoms with van der Waals surface area (Å²) in [7, 11) is 0. The van der Waals surface area contributed by atoms with Crippen molar-refractivity contribution in [3.63, 3.8) is 0 Å². The first-order valence-corrected chi connectivity index (χ1v) is 5.49. The molecule has 0 bridgehead atoms. The van der Waals surface area contributed by atoms with Gasteiger partial charge in [-0.15, -0.1) is 0 Å². The molecule has 0 spiro atoms. The van der Waals surface area contributed by atoms with Crippen molar-refractivity contribution in [2.45, 2.75) is 19.9 Å². The van der Waals surface area contributed by atoms with E-state index < -0.39 is 0 Å². The van der Waals surface area contributed by atoms with E-state index in [0.29, 0.717) is 34.5 Å². The minimum absolute atomic E-state index is 0.317. The Morgan fingerprint density at radius 1 is 1.50 bits per heavy atom. The molecule has 2 rings (SSSR count). The Balaban J connectivity index is 2.86. The Morgan fingerprint density at radius 2 is 2.25 bits per heavy atom. The topological polar surface area (TPSA) is 22.0 Å². The lowest BCUT2D eigenvalue weighted by Gasteiger charge is -2.04. The molecule has 0 aliphatic carbocycles. The zero-order chi connectivity index (χ0) is 11.7. The Labute approximate surface area is 97.6 Å². The van der Waals surface area contributed by atoms with Crippen molar-refractivity contribution >= 4 is 28.8 Å². The Morgan fingerprint density at radius 3 is 2.88 bits per heavy atom. The second-order valence-corrected chi connectivity index (χ2v) is 3.97. The van der Waals surface area contributed by atoms with Crippen LogP contribution in [0.25, 0.3) is 10.9 Å². The van der Waals surface area contributed by atoms with Gasteiger partial charge in [0.15, 0.2) is 6.29 Å². The maximum absolute atomic E-state index is 13.7. The minimum Gasteiger partial charge on any atom is -0.329 e. The number of aryl methyl sites for hydroxylation is 1. The van der Waals surface area contributed by atoms with E-state index >= 15 is 0 Å². The van der Waals surface area contributed by atoms with Crippen LogP contribution in [0.2, 0.25) is 5.15 Å². The molecule has 1 heterocycles. The molecule has 1 aromatic carbocycles. The van der Waals surface area contributed by atoms with Crippen LogP contribution in [0.4, 0.5) is 4.39 Å². The molecule has 2 aromatic rings. The third-order valence-electron chi connectivity index (χ3n) is 2.57. The predicted molar refractivity (Wildman–Crippen MR) is 62.6 cm³/mol. The number of carbonyl (C=O) groups excluding carboxylic acids is 1. The molecule has 0 amide bonds. The van der Waals surface area contributed by atoms with Crippen LogP contribution in [0, 0.1) is 5.82 Å². The summed E-state index contributed by atoms with van der Waals surface area (Å²) in [6.07, 6.45) is 1.51. The number of halogens is 2. The van der Waals surface area contributed by atoms with Gasteiger partial charge in [0.05, 0.1) is 11.1 Å². The van der Waals surface area contributed by atoms with Crippen molar-refractivity contribution in [3.8, 4) is 0 Å². The van der Waals surface area contributed by atoms with E-state index in [4.69, 9.17) is 11.6 Å². The summed E-state index contributed by atoms with van der Waals surface area (Å²) in [5.41, 5.74) is 0.779. The fourth-order valence-corrected chi connectivity index (χ4v) is 2.22.